The fourth-order valence-electron chi connectivity index (χ4n) is 2.13. The molecule has 0 aliphatic carbocycles. The van der Waals surface area contributed by atoms with Crippen LogP contribution in [0.3, 0.4) is 0 Å². The molecular weight excluding hydrogens is 230 g/mol. The Morgan fingerprint density at radius 2 is 2.17 bits per heavy atom. The molecular formula is C14H19NO3. The monoisotopic (exact) mass is 249 g/mol. The van der Waals surface area contributed by atoms with Crippen molar-refractivity contribution < 1.29 is 14.6 Å². The Morgan fingerprint density at radius 1 is 1.44 bits per heavy atom. The van der Waals surface area contributed by atoms with Gasteiger partial charge in [0.05, 0.1) is 5.56 Å². The Morgan fingerprint density at radius 3 is 2.83 bits per heavy atom. The summed E-state index contributed by atoms with van der Waals surface area (Å²) in [6, 6.07) is 7.06. The summed E-state index contributed by atoms with van der Waals surface area (Å²) in [5, 5.41) is 12.4. The van der Waals surface area contributed by atoms with Gasteiger partial charge in [-0.15, -0.1) is 0 Å². The molecule has 18 heavy (non-hydrogen) atoms. The number of ether oxygens (including phenoxy) is 1. The van der Waals surface area contributed by atoms with Crippen molar-refractivity contribution in [2.45, 2.75) is 31.8 Å². The number of nitrogens with one attached hydrogen (secondary N) is 1. The Labute approximate surface area is 107 Å². The first-order valence-electron chi connectivity index (χ1n) is 6.24. The average Bonchev–Trinajstić information content (AvgIpc) is 2.38. The van der Waals surface area contributed by atoms with E-state index in [4.69, 9.17) is 9.84 Å². The van der Waals surface area contributed by atoms with Gasteiger partial charge in [-0.2, -0.15) is 0 Å². The zero-order chi connectivity index (χ0) is 13.0. The van der Waals surface area contributed by atoms with E-state index in [1.54, 1.807) is 18.2 Å². The fraction of sp³-hybridized carbons (Fsp3) is 0.500. The number of carbonyl (C=O) groups is 1. The molecule has 0 saturated carbocycles. The number of hydrogen-bond acceptors (Lipinski definition) is 3. The highest BCUT2D eigenvalue weighted by Gasteiger charge is 2.26. The largest absolute Gasteiger partial charge is 0.478 e. The van der Waals surface area contributed by atoms with E-state index >= 15 is 0 Å². The lowest BCUT2D eigenvalue weighted by atomic mass is 9.92. The van der Waals surface area contributed by atoms with Crippen LogP contribution in [0, 0.1) is 0 Å². The highest BCUT2D eigenvalue weighted by atomic mass is 16.5. The summed E-state index contributed by atoms with van der Waals surface area (Å²) < 4.78 is 5.35. The van der Waals surface area contributed by atoms with Crippen molar-refractivity contribution in [3.8, 4) is 0 Å². The van der Waals surface area contributed by atoms with Gasteiger partial charge in [0.1, 0.15) is 0 Å². The van der Waals surface area contributed by atoms with Gasteiger partial charge in [0.15, 0.2) is 0 Å². The van der Waals surface area contributed by atoms with E-state index in [1.807, 2.05) is 6.07 Å². The molecule has 1 saturated heterocycles. The summed E-state index contributed by atoms with van der Waals surface area (Å²) in [4.78, 5) is 10.9. The van der Waals surface area contributed by atoms with Crippen molar-refractivity contribution in [1.29, 1.82) is 0 Å². The molecule has 0 unspecified atom stereocenters. The van der Waals surface area contributed by atoms with Gasteiger partial charge < -0.3 is 15.2 Å². The van der Waals surface area contributed by atoms with Crippen molar-refractivity contribution in [1.82, 2.24) is 5.32 Å². The Balaban J connectivity index is 1.97. The first-order valence-corrected chi connectivity index (χ1v) is 6.24. The standard InChI is InChI=1S/C14H19NO3/c1-14(5-7-18-8-6-14)15-10-11-3-2-4-12(9-11)13(16)17/h2-4,9,15H,5-8,10H2,1H3,(H,16,17). The number of aromatic carboxylic acids is 1. The smallest absolute Gasteiger partial charge is 0.335 e. The lowest BCUT2D eigenvalue weighted by Gasteiger charge is -2.34. The summed E-state index contributed by atoms with van der Waals surface area (Å²) in [5.41, 5.74) is 1.44. The van der Waals surface area contributed by atoms with Crippen molar-refractivity contribution in [2.75, 3.05) is 13.2 Å². The molecule has 0 amide bonds. The first-order chi connectivity index (χ1) is 8.59. The average molecular weight is 249 g/mol. The van der Waals surface area contributed by atoms with E-state index in [9.17, 15) is 4.79 Å². The zero-order valence-electron chi connectivity index (χ0n) is 10.6. The molecule has 1 aromatic rings. The van der Waals surface area contributed by atoms with Gasteiger partial charge in [-0.25, -0.2) is 4.79 Å². The lowest BCUT2D eigenvalue weighted by Crippen LogP contribution is -2.46. The van der Waals surface area contributed by atoms with Crippen LogP contribution in [-0.4, -0.2) is 29.8 Å². The minimum atomic E-state index is -0.880. The van der Waals surface area contributed by atoms with Crippen LogP contribution in [0.15, 0.2) is 24.3 Å². The second kappa shape index (κ2) is 5.50. The predicted octanol–water partition coefficient (Wildman–Crippen LogP) is 2.04. The van der Waals surface area contributed by atoms with Gasteiger partial charge in [0.25, 0.3) is 0 Å². The van der Waals surface area contributed by atoms with E-state index in [0.29, 0.717) is 12.1 Å². The van der Waals surface area contributed by atoms with Gasteiger partial charge in [-0.3, -0.25) is 0 Å². The Kier molecular flexibility index (Phi) is 3.99. The van der Waals surface area contributed by atoms with Gasteiger partial charge in [-0.05, 0) is 37.5 Å². The molecule has 0 aromatic heterocycles. The van der Waals surface area contributed by atoms with E-state index < -0.39 is 5.97 Å². The molecule has 0 radical (unpaired) electrons. The molecule has 1 aliphatic heterocycles. The molecule has 1 aromatic carbocycles. The topological polar surface area (TPSA) is 58.6 Å². The van der Waals surface area contributed by atoms with Gasteiger partial charge in [0.2, 0.25) is 0 Å². The Hall–Kier alpha value is -1.39. The molecule has 4 heteroatoms. The highest BCUT2D eigenvalue weighted by Crippen LogP contribution is 2.20. The second-order valence-electron chi connectivity index (χ2n) is 5.03. The van der Waals surface area contributed by atoms with Crippen molar-refractivity contribution >= 4 is 5.97 Å². The molecule has 0 atom stereocenters. The van der Waals surface area contributed by atoms with Crippen LogP contribution in [0.1, 0.15) is 35.7 Å². The molecule has 2 rings (SSSR count). The fourth-order valence-corrected chi connectivity index (χ4v) is 2.13. The molecule has 98 valence electrons. The normalized spacial score (nSPS) is 18.5. The van der Waals surface area contributed by atoms with E-state index in [0.717, 1.165) is 31.6 Å². The third-order valence-electron chi connectivity index (χ3n) is 3.49. The lowest BCUT2D eigenvalue weighted by molar-refractivity contribution is 0.0446. The number of benzene rings is 1. The van der Waals surface area contributed by atoms with Crippen LogP contribution in [-0.2, 0) is 11.3 Å². The van der Waals surface area contributed by atoms with Crippen LogP contribution in [0.2, 0.25) is 0 Å². The highest BCUT2D eigenvalue weighted by molar-refractivity contribution is 5.87. The maximum Gasteiger partial charge on any atom is 0.335 e. The SMILES string of the molecule is CC1(NCc2cccc(C(=O)O)c2)CCOCC1. The number of carboxylic acid groups (broad SMARTS) is 1. The summed E-state index contributed by atoms with van der Waals surface area (Å²) in [7, 11) is 0. The van der Waals surface area contributed by atoms with Gasteiger partial charge >= 0.3 is 5.97 Å². The van der Waals surface area contributed by atoms with Gasteiger partial charge in [0, 0.05) is 25.3 Å². The van der Waals surface area contributed by atoms with Crippen LogP contribution in [0.25, 0.3) is 0 Å². The van der Waals surface area contributed by atoms with Crippen LogP contribution in [0.5, 0.6) is 0 Å². The maximum absolute atomic E-state index is 10.9. The molecule has 0 spiro atoms. The van der Waals surface area contributed by atoms with Crippen LogP contribution >= 0.6 is 0 Å². The quantitative estimate of drug-likeness (QED) is 0.857. The number of hydrogen-bond donors (Lipinski definition) is 2. The molecule has 4 nitrogen and oxygen atoms in total. The first kappa shape index (κ1) is 13.1. The molecule has 1 aliphatic rings. The van der Waals surface area contributed by atoms with E-state index in [1.165, 1.54) is 0 Å². The molecule has 2 N–H and O–H groups in total. The van der Waals surface area contributed by atoms with Crippen molar-refractivity contribution in [3.63, 3.8) is 0 Å². The molecule has 1 heterocycles. The predicted molar refractivity (Wildman–Crippen MR) is 68.7 cm³/mol. The molecule has 0 bridgehead atoms. The van der Waals surface area contributed by atoms with E-state index in [2.05, 4.69) is 12.2 Å². The third-order valence-corrected chi connectivity index (χ3v) is 3.49. The Bertz CT molecular complexity index is 425. The van der Waals surface area contributed by atoms with Crippen LogP contribution in [0.4, 0.5) is 0 Å². The second-order valence-corrected chi connectivity index (χ2v) is 5.03. The zero-order valence-corrected chi connectivity index (χ0v) is 10.6. The summed E-state index contributed by atoms with van der Waals surface area (Å²) in [6.45, 7) is 4.46. The van der Waals surface area contributed by atoms with E-state index in [-0.39, 0.29) is 5.54 Å². The number of carboxylic acids is 1. The van der Waals surface area contributed by atoms with Crippen LogP contribution < -0.4 is 5.32 Å². The number of rotatable bonds is 4. The summed E-state index contributed by atoms with van der Waals surface area (Å²) in [6.07, 6.45) is 1.98. The maximum atomic E-state index is 10.9. The minimum Gasteiger partial charge on any atom is -0.478 e. The van der Waals surface area contributed by atoms with Crippen molar-refractivity contribution in [2.24, 2.45) is 0 Å². The summed E-state index contributed by atoms with van der Waals surface area (Å²) >= 11 is 0. The summed E-state index contributed by atoms with van der Waals surface area (Å²) in [5.74, 6) is -0.880. The minimum absolute atomic E-state index is 0.0947. The molecule has 1 fully saturated rings. The van der Waals surface area contributed by atoms with Gasteiger partial charge in [-0.1, -0.05) is 12.1 Å². The van der Waals surface area contributed by atoms with Crippen molar-refractivity contribution in [3.05, 3.63) is 35.4 Å². The third kappa shape index (κ3) is 3.31.